The van der Waals surface area contributed by atoms with Crippen LogP contribution in [0.15, 0.2) is 47.5 Å². The van der Waals surface area contributed by atoms with Gasteiger partial charge in [-0.05, 0) is 31.4 Å². The summed E-state index contributed by atoms with van der Waals surface area (Å²) in [6.45, 7) is 0. The molecule has 4 radical (unpaired) electrons. The Labute approximate surface area is 98.8 Å². The first kappa shape index (κ1) is 9.88. The molecule has 0 spiro atoms. The summed E-state index contributed by atoms with van der Waals surface area (Å²) in [6, 6.07) is 0.177. The first-order valence-corrected chi connectivity index (χ1v) is 5.64. The lowest BCUT2D eigenvalue weighted by molar-refractivity contribution is 0.353. The van der Waals surface area contributed by atoms with Crippen molar-refractivity contribution in [2.45, 2.75) is 25.3 Å². The predicted molar refractivity (Wildman–Crippen MR) is 66.2 cm³/mol. The quantitative estimate of drug-likeness (QED) is 0.554. The SMILES string of the molecule is [B]N1C2=CC=CCC2N([B])C2=C1CCC=C2. The molecule has 0 fully saturated rings. The second-order valence-electron chi connectivity index (χ2n) is 4.32. The molecule has 0 aromatic rings. The van der Waals surface area contributed by atoms with Crippen LogP contribution in [0.4, 0.5) is 0 Å². The van der Waals surface area contributed by atoms with Crippen molar-refractivity contribution in [1.82, 2.24) is 9.62 Å². The largest absolute Gasteiger partial charge is 0.416 e. The van der Waals surface area contributed by atoms with Gasteiger partial charge in [0.2, 0.25) is 16.0 Å². The van der Waals surface area contributed by atoms with Crippen molar-refractivity contribution in [3.05, 3.63) is 47.5 Å². The average Bonchev–Trinajstić information content (AvgIpc) is 2.36. The molecule has 0 saturated carbocycles. The zero-order valence-electron chi connectivity index (χ0n) is 9.13. The van der Waals surface area contributed by atoms with Gasteiger partial charge in [0, 0.05) is 17.1 Å². The molecule has 1 atom stereocenters. The van der Waals surface area contributed by atoms with Crippen LogP contribution < -0.4 is 0 Å². The van der Waals surface area contributed by atoms with Gasteiger partial charge in [0.25, 0.3) is 0 Å². The third kappa shape index (κ3) is 1.29. The molecule has 76 valence electrons. The van der Waals surface area contributed by atoms with Crippen LogP contribution in [0.3, 0.4) is 0 Å². The van der Waals surface area contributed by atoms with Gasteiger partial charge < -0.3 is 9.62 Å². The van der Waals surface area contributed by atoms with Crippen molar-refractivity contribution < 1.29 is 0 Å². The fourth-order valence-electron chi connectivity index (χ4n) is 2.54. The van der Waals surface area contributed by atoms with Crippen molar-refractivity contribution in [2.75, 3.05) is 0 Å². The first-order valence-electron chi connectivity index (χ1n) is 5.64. The number of fused-ring (bicyclic) bond motifs is 1. The topological polar surface area (TPSA) is 6.48 Å². The van der Waals surface area contributed by atoms with Crippen molar-refractivity contribution in [3.63, 3.8) is 0 Å². The highest BCUT2D eigenvalue weighted by Crippen LogP contribution is 2.36. The molecule has 0 N–H and O–H groups in total. The minimum atomic E-state index is 0.177. The molecule has 16 heavy (non-hydrogen) atoms. The summed E-state index contributed by atoms with van der Waals surface area (Å²) in [5.41, 5.74) is 3.29. The highest BCUT2D eigenvalue weighted by Gasteiger charge is 2.31. The standard InChI is InChI=1S/C12H12B2N2/c13-15-9-5-1-2-6-10(9)16(14)12-8-4-3-7-11(12)15/h1-3,6-7,9H,4-5,8H2. The van der Waals surface area contributed by atoms with Crippen molar-refractivity contribution >= 4 is 16.0 Å². The summed E-state index contributed by atoms with van der Waals surface area (Å²) in [5, 5.41) is 0. The molecule has 2 aliphatic carbocycles. The lowest BCUT2D eigenvalue weighted by atomic mass is 9.89. The van der Waals surface area contributed by atoms with E-state index in [2.05, 4.69) is 24.3 Å². The maximum Gasteiger partial charge on any atom is 0.234 e. The van der Waals surface area contributed by atoms with E-state index in [1.807, 2.05) is 15.7 Å². The van der Waals surface area contributed by atoms with Crippen LogP contribution in [0, 0.1) is 0 Å². The molecule has 2 nitrogen and oxygen atoms in total. The van der Waals surface area contributed by atoms with Gasteiger partial charge in [0.1, 0.15) is 0 Å². The van der Waals surface area contributed by atoms with E-state index in [-0.39, 0.29) is 6.04 Å². The second kappa shape index (κ2) is 3.62. The van der Waals surface area contributed by atoms with Crippen molar-refractivity contribution in [3.8, 4) is 0 Å². The number of allylic oxidation sites excluding steroid dienone is 5. The maximum absolute atomic E-state index is 6.17. The Morgan fingerprint density at radius 3 is 3.00 bits per heavy atom. The van der Waals surface area contributed by atoms with Crippen LogP contribution in [-0.4, -0.2) is 31.6 Å². The first-order chi connectivity index (χ1) is 7.79. The normalized spacial score (nSPS) is 27.8. The smallest absolute Gasteiger partial charge is 0.234 e. The van der Waals surface area contributed by atoms with E-state index in [0.717, 1.165) is 36.4 Å². The van der Waals surface area contributed by atoms with Gasteiger partial charge in [-0.15, -0.1) is 0 Å². The van der Waals surface area contributed by atoms with Gasteiger partial charge in [0.15, 0.2) is 0 Å². The molecule has 0 bridgehead atoms. The second-order valence-corrected chi connectivity index (χ2v) is 4.32. The van der Waals surface area contributed by atoms with Gasteiger partial charge >= 0.3 is 0 Å². The van der Waals surface area contributed by atoms with Gasteiger partial charge in [-0.25, -0.2) is 0 Å². The molecule has 0 saturated heterocycles. The predicted octanol–water partition coefficient (Wildman–Crippen LogP) is 1.54. The molecule has 0 amide bonds. The number of rotatable bonds is 0. The fraction of sp³-hybridized carbons (Fsp3) is 0.333. The molecule has 4 heteroatoms. The monoisotopic (exact) mass is 206 g/mol. The average molecular weight is 206 g/mol. The maximum atomic E-state index is 6.17. The molecule has 1 heterocycles. The molecule has 0 aromatic carbocycles. The Morgan fingerprint density at radius 2 is 2.12 bits per heavy atom. The summed E-state index contributed by atoms with van der Waals surface area (Å²) >= 11 is 0. The number of nitrogens with zero attached hydrogens (tertiary/aromatic N) is 2. The van der Waals surface area contributed by atoms with Crippen LogP contribution >= 0.6 is 0 Å². The Kier molecular flexibility index (Phi) is 2.23. The van der Waals surface area contributed by atoms with Gasteiger partial charge in [-0.1, -0.05) is 18.2 Å². The molecule has 3 aliphatic rings. The summed E-state index contributed by atoms with van der Waals surface area (Å²) < 4.78 is 0. The molecule has 1 unspecified atom stereocenters. The minimum absolute atomic E-state index is 0.177. The van der Waals surface area contributed by atoms with Gasteiger partial charge in [-0.2, -0.15) is 0 Å². The Hall–Kier alpha value is -1.31. The molecular weight excluding hydrogens is 194 g/mol. The van der Waals surface area contributed by atoms with E-state index in [1.54, 1.807) is 0 Å². The molecule has 3 rings (SSSR count). The van der Waals surface area contributed by atoms with Crippen LogP contribution in [0.1, 0.15) is 19.3 Å². The highest BCUT2D eigenvalue weighted by atomic mass is 15.2. The summed E-state index contributed by atoms with van der Waals surface area (Å²) in [7, 11) is 12.3. The molecular formula is C12H12B2N2. The van der Waals surface area contributed by atoms with Crippen molar-refractivity contribution in [1.29, 1.82) is 0 Å². The van der Waals surface area contributed by atoms with E-state index >= 15 is 0 Å². The summed E-state index contributed by atoms with van der Waals surface area (Å²) in [6.07, 6.45) is 13.4. The van der Waals surface area contributed by atoms with Crippen LogP contribution in [0.5, 0.6) is 0 Å². The minimum Gasteiger partial charge on any atom is -0.416 e. The lowest BCUT2D eigenvalue weighted by Gasteiger charge is -2.47. The van der Waals surface area contributed by atoms with E-state index in [9.17, 15) is 0 Å². The highest BCUT2D eigenvalue weighted by molar-refractivity contribution is 6.10. The summed E-state index contributed by atoms with van der Waals surface area (Å²) in [4.78, 5) is 3.67. The number of hydrogen-bond acceptors (Lipinski definition) is 2. The van der Waals surface area contributed by atoms with E-state index in [1.165, 1.54) is 0 Å². The molecule has 0 aromatic heterocycles. The van der Waals surface area contributed by atoms with Crippen LogP contribution in [0.25, 0.3) is 0 Å². The van der Waals surface area contributed by atoms with Crippen molar-refractivity contribution in [2.24, 2.45) is 0 Å². The van der Waals surface area contributed by atoms with Gasteiger partial charge in [0.05, 0.1) is 6.04 Å². The van der Waals surface area contributed by atoms with E-state index < -0.39 is 0 Å². The van der Waals surface area contributed by atoms with E-state index in [4.69, 9.17) is 16.0 Å². The lowest BCUT2D eigenvalue weighted by Crippen LogP contribution is -2.46. The third-order valence-corrected chi connectivity index (χ3v) is 3.41. The van der Waals surface area contributed by atoms with E-state index in [0.29, 0.717) is 0 Å². The van der Waals surface area contributed by atoms with Gasteiger partial charge in [-0.3, -0.25) is 0 Å². The Balaban J connectivity index is 2.09. The fourth-order valence-corrected chi connectivity index (χ4v) is 2.54. The zero-order chi connectivity index (χ0) is 11.1. The van der Waals surface area contributed by atoms with Crippen LogP contribution in [-0.2, 0) is 0 Å². The molecule has 1 aliphatic heterocycles. The Morgan fingerprint density at radius 1 is 1.25 bits per heavy atom. The zero-order valence-corrected chi connectivity index (χ0v) is 9.13. The van der Waals surface area contributed by atoms with Crippen LogP contribution in [0.2, 0.25) is 0 Å². The Bertz CT molecular complexity index is 434. The number of hydrogen-bond donors (Lipinski definition) is 0. The third-order valence-electron chi connectivity index (χ3n) is 3.41. The summed E-state index contributed by atoms with van der Waals surface area (Å²) in [5.74, 6) is 0.